The molecule has 0 unspecified atom stereocenters. The number of aryl methyl sites for hydroxylation is 1. The van der Waals surface area contributed by atoms with Crippen LogP contribution in [-0.4, -0.2) is 36.1 Å². The molecule has 5 heteroatoms. The molecule has 0 aromatic carbocycles. The van der Waals surface area contributed by atoms with Crippen LogP contribution in [0.5, 0.6) is 0 Å². The van der Waals surface area contributed by atoms with E-state index in [0.717, 1.165) is 49.2 Å². The number of rotatable bonds is 3. The molecule has 0 amide bonds. The van der Waals surface area contributed by atoms with Crippen molar-refractivity contribution in [1.82, 2.24) is 15.3 Å². The minimum absolute atomic E-state index is 0.853. The second-order valence-corrected chi connectivity index (χ2v) is 4.93. The molecule has 1 saturated heterocycles. The Morgan fingerprint density at radius 3 is 2.75 bits per heavy atom. The molecule has 3 rings (SSSR count). The minimum atomic E-state index is 0.853. The van der Waals surface area contributed by atoms with E-state index in [-0.39, 0.29) is 0 Å². The molecule has 5 nitrogen and oxygen atoms in total. The van der Waals surface area contributed by atoms with Gasteiger partial charge in [0.05, 0.1) is 11.9 Å². The molecule has 1 aliphatic heterocycles. The molecule has 0 saturated carbocycles. The van der Waals surface area contributed by atoms with Crippen molar-refractivity contribution in [3.63, 3.8) is 0 Å². The van der Waals surface area contributed by atoms with E-state index in [1.54, 1.807) is 0 Å². The van der Waals surface area contributed by atoms with Gasteiger partial charge in [-0.1, -0.05) is 6.07 Å². The third kappa shape index (κ3) is 3.05. The van der Waals surface area contributed by atoms with Crippen LogP contribution in [-0.2, 0) is 0 Å². The molecule has 20 heavy (non-hydrogen) atoms. The fraction of sp³-hybridized carbons (Fsp3) is 0.333. The van der Waals surface area contributed by atoms with E-state index in [0.29, 0.717) is 0 Å². The third-order valence-electron chi connectivity index (χ3n) is 3.36. The summed E-state index contributed by atoms with van der Waals surface area (Å²) in [7, 11) is 0. The highest BCUT2D eigenvalue weighted by Crippen LogP contribution is 2.18. The molecule has 0 bridgehead atoms. The molecule has 2 aromatic heterocycles. The van der Waals surface area contributed by atoms with Crippen LogP contribution in [0.1, 0.15) is 5.69 Å². The van der Waals surface area contributed by atoms with E-state index in [9.17, 15) is 0 Å². The average Bonchev–Trinajstić information content (AvgIpc) is 2.51. The summed E-state index contributed by atoms with van der Waals surface area (Å²) in [5.74, 6) is 1.88. The molecule has 1 fully saturated rings. The van der Waals surface area contributed by atoms with Crippen LogP contribution in [0.25, 0.3) is 0 Å². The van der Waals surface area contributed by atoms with Gasteiger partial charge in [0.1, 0.15) is 11.6 Å². The second-order valence-electron chi connectivity index (χ2n) is 4.93. The Balaban J connectivity index is 1.75. The molecular formula is C15H19N5. The van der Waals surface area contributed by atoms with Gasteiger partial charge in [0.15, 0.2) is 0 Å². The molecule has 0 spiro atoms. The van der Waals surface area contributed by atoms with Gasteiger partial charge in [-0.3, -0.25) is 4.98 Å². The van der Waals surface area contributed by atoms with Gasteiger partial charge in [-0.15, -0.1) is 0 Å². The van der Waals surface area contributed by atoms with Gasteiger partial charge in [-0.25, -0.2) is 4.98 Å². The normalized spacial score (nSPS) is 15.2. The van der Waals surface area contributed by atoms with Gasteiger partial charge in [-0.2, -0.15) is 0 Å². The van der Waals surface area contributed by atoms with Crippen molar-refractivity contribution in [1.29, 1.82) is 0 Å². The summed E-state index contributed by atoms with van der Waals surface area (Å²) in [4.78, 5) is 11.3. The van der Waals surface area contributed by atoms with Crippen LogP contribution < -0.4 is 15.5 Å². The topological polar surface area (TPSA) is 53.1 Å². The molecule has 0 aliphatic carbocycles. The van der Waals surface area contributed by atoms with Gasteiger partial charge >= 0.3 is 0 Å². The number of anilines is 3. The summed E-state index contributed by atoms with van der Waals surface area (Å²) in [6, 6.07) is 10.1. The van der Waals surface area contributed by atoms with E-state index in [4.69, 9.17) is 0 Å². The van der Waals surface area contributed by atoms with E-state index in [1.807, 2.05) is 37.4 Å². The number of pyridine rings is 2. The highest BCUT2D eigenvalue weighted by molar-refractivity contribution is 5.57. The molecule has 104 valence electrons. The number of piperazine rings is 1. The Morgan fingerprint density at radius 1 is 1.15 bits per heavy atom. The Labute approximate surface area is 119 Å². The third-order valence-corrected chi connectivity index (χ3v) is 3.36. The highest BCUT2D eigenvalue weighted by Gasteiger charge is 2.11. The van der Waals surface area contributed by atoms with E-state index in [2.05, 4.69) is 31.6 Å². The quantitative estimate of drug-likeness (QED) is 0.892. The standard InChI is InChI=1S/C15H19N5/c1-12-5-6-13(11-17-12)18-14-3-2-4-15(19-14)20-9-7-16-8-10-20/h2-6,11,16H,7-10H2,1H3,(H,18,19). The first-order valence-corrected chi connectivity index (χ1v) is 6.94. The maximum atomic E-state index is 4.67. The monoisotopic (exact) mass is 269 g/mol. The first-order chi connectivity index (χ1) is 9.81. The van der Waals surface area contributed by atoms with Crippen LogP contribution in [0.3, 0.4) is 0 Å². The fourth-order valence-electron chi connectivity index (χ4n) is 2.25. The zero-order chi connectivity index (χ0) is 13.8. The zero-order valence-corrected chi connectivity index (χ0v) is 11.6. The first kappa shape index (κ1) is 12.9. The average molecular weight is 269 g/mol. The molecule has 0 radical (unpaired) electrons. The van der Waals surface area contributed by atoms with Crippen LogP contribution in [0.15, 0.2) is 36.5 Å². The molecule has 2 aromatic rings. The van der Waals surface area contributed by atoms with E-state index in [1.165, 1.54) is 0 Å². The van der Waals surface area contributed by atoms with Gasteiger partial charge in [0.25, 0.3) is 0 Å². The Hall–Kier alpha value is -2.14. The van der Waals surface area contributed by atoms with Crippen molar-refractivity contribution >= 4 is 17.3 Å². The van der Waals surface area contributed by atoms with Crippen molar-refractivity contribution in [3.05, 3.63) is 42.2 Å². The largest absolute Gasteiger partial charge is 0.354 e. The summed E-state index contributed by atoms with van der Waals surface area (Å²) in [6.07, 6.45) is 1.83. The van der Waals surface area contributed by atoms with Gasteiger partial charge < -0.3 is 15.5 Å². The Kier molecular flexibility index (Phi) is 3.78. The second kappa shape index (κ2) is 5.88. The smallest absolute Gasteiger partial charge is 0.132 e. The highest BCUT2D eigenvalue weighted by atomic mass is 15.2. The number of nitrogens with zero attached hydrogens (tertiary/aromatic N) is 3. The zero-order valence-electron chi connectivity index (χ0n) is 11.6. The molecule has 0 atom stereocenters. The molecular weight excluding hydrogens is 250 g/mol. The SMILES string of the molecule is Cc1ccc(Nc2cccc(N3CCNCC3)n2)cn1. The summed E-state index contributed by atoms with van der Waals surface area (Å²) in [6.45, 7) is 6.01. The van der Waals surface area contributed by atoms with Crippen molar-refractivity contribution in [2.75, 3.05) is 36.4 Å². The van der Waals surface area contributed by atoms with Gasteiger partial charge in [0, 0.05) is 31.9 Å². The summed E-state index contributed by atoms with van der Waals surface area (Å²) < 4.78 is 0. The van der Waals surface area contributed by atoms with Crippen molar-refractivity contribution in [2.45, 2.75) is 6.92 Å². The minimum Gasteiger partial charge on any atom is -0.354 e. The lowest BCUT2D eigenvalue weighted by atomic mass is 10.3. The van der Waals surface area contributed by atoms with Crippen LogP contribution in [0, 0.1) is 6.92 Å². The van der Waals surface area contributed by atoms with Crippen LogP contribution in [0.2, 0.25) is 0 Å². The molecule has 2 N–H and O–H groups in total. The Morgan fingerprint density at radius 2 is 2.00 bits per heavy atom. The van der Waals surface area contributed by atoms with Crippen molar-refractivity contribution in [3.8, 4) is 0 Å². The predicted octanol–water partition coefficient (Wildman–Crippen LogP) is 1.94. The lowest BCUT2D eigenvalue weighted by Gasteiger charge is -2.28. The van der Waals surface area contributed by atoms with Gasteiger partial charge in [-0.05, 0) is 31.2 Å². The fourth-order valence-corrected chi connectivity index (χ4v) is 2.25. The molecule has 1 aliphatic rings. The van der Waals surface area contributed by atoms with Crippen molar-refractivity contribution in [2.24, 2.45) is 0 Å². The van der Waals surface area contributed by atoms with E-state index < -0.39 is 0 Å². The van der Waals surface area contributed by atoms with E-state index >= 15 is 0 Å². The Bertz CT molecular complexity index is 561. The maximum absolute atomic E-state index is 4.67. The number of nitrogens with one attached hydrogen (secondary N) is 2. The van der Waals surface area contributed by atoms with Crippen LogP contribution in [0.4, 0.5) is 17.3 Å². The van der Waals surface area contributed by atoms with Gasteiger partial charge in [0.2, 0.25) is 0 Å². The number of hydrogen-bond donors (Lipinski definition) is 2. The summed E-state index contributed by atoms with van der Waals surface area (Å²) >= 11 is 0. The molecule has 3 heterocycles. The summed E-state index contributed by atoms with van der Waals surface area (Å²) in [5, 5.41) is 6.65. The lowest BCUT2D eigenvalue weighted by Crippen LogP contribution is -2.43. The number of aromatic nitrogens is 2. The lowest BCUT2D eigenvalue weighted by molar-refractivity contribution is 0.585. The maximum Gasteiger partial charge on any atom is 0.132 e. The van der Waals surface area contributed by atoms with Crippen LogP contribution >= 0.6 is 0 Å². The number of hydrogen-bond acceptors (Lipinski definition) is 5. The summed E-state index contributed by atoms with van der Waals surface area (Å²) in [5.41, 5.74) is 1.97. The first-order valence-electron chi connectivity index (χ1n) is 6.94. The predicted molar refractivity (Wildman–Crippen MR) is 81.6 cm³/mol. The van der Waals surface area contributed by atoms with Crippen molar-refractivity contribution < 1.29 is 0 Å².